The van der Waals surface area contributed by atoms with Gasteiger partial charge in [0.2, 0.25) is 0 Å². The van der Waals surface area contributed by atoms with Crippen molar-refractivity contribution in [3.05, 3.63) is 36.5 Å². The Morgan fingerprint density at radius 2 is 1.94 bits per heavy atom. The molecule has 0 aliphatic rings. The summed E-state index contributed by atoms with van der Waals surface area (Å²) in [7, 11) is 1.62. The van der Waals surface area contributed by atoms with Crippen molar-refractivity contribution >= 4 is 11.4 Å². The number of ether oxygens (including phenoxy) is 1. The van der Waals surface area contributed by atoms with Gasteiger partial charge in [-0.15, -0.1) is 0 Å². The van der Waals surface area contributed by atoms with Crippen LogP contribution in [0.3, 0.4) is 0 Å². The molecule has 0 radical (unpaired) electrons. The number of anilines is 2. The van der Waals surface area contributed by atoms with Gasteiger partial charge < -0.3 is 16.2 Å². The van der Waals surface area contributed by atoms with Gasteiger partial charge in [-0.3, -0.25) is 4.98 Å². The molecule has 0 saturated heterocycles. The van der Waals surface area contributed by atoms with Crippen LogP contribution in [0.5, 0.6) is 5.75 Å². The predicted octanol–water partition coefficient (Wildman–Crippen LogP) is 1.92. The zero-order valence-electron chi connectivity index (χ0n) is 8.97. The van der Waals surface area contributed by atoms with Crippen molar-refractivity contribution in [3.63, 3.8) is 0 Å². The molecule has 0 unspecified atom stereocenters. The first-order chi connectivity index (χ1) is 7.72. The number of methoxy groups -OCH3 is 1. The molecule has 82 valence electrons. The fraction of sp³-hybridized carbons (Fsp3) is 0.0833. The Morgan fingerprint density at radius 1 is 1.19 bits per heavy atom. The van der Waals surface area contributed by atoms with Crippen molar-refractivity contribution in [3.8, 4) is 17.0 Å². The Morgan fingerprint density at radius 3 is 2.62 bits per heavy atom. The van der Waals surface area contributed by atoms with Crippen LogP contribution in [0.2, 0.25) is 0 Å². The summed E-state index contributed by atoms with van der Waals surface area (Å²) in [6, 6.07) is 9.28. The summed E-state index contributed by atoms with van der Waals surface area (Å²) >= 11 is 0. The number of hydrogen-bond donors (Lipinski definition) is 2. The first-order valence-corrected chi connectivity index (χ1v) is 4.86. The summed E-state index contributed by atoms with van der Waals surface area (Å²) in [5.41, 5.74) is 14.1. The van der Waals surface area contributed by atoms with Crippen molar-refractivity contribution in [1.82, 2.24) is 4.98 Å². The van der Waals surface area contributed by atoms with Crippen LogP contribution in [-0.2, 0) is 0 Å². The van der Waals surface area contributed by atoms with Crippen molar-refractivity contribution < 1.29 is 4.74 Å². The van der Waals surface area contributed by atoms with Gasteiger partial charge in [-0.05, 0) is 18.2 Å². The number of para-hydroxylation sites is 1. The Bertz CT molecular complexity index is 511. The number of rotatable bonds is 2. The Labute approximate surface area is 93.9 Å². The molecule has 1 aromatic carbocycles. The van der Waals surface area contributed by atoms with Crippen molar-refractivity contribution in [2.24, 2.45) is 0 Å². The zero-order chi connectivity index (χ0) is 11.5. The van der Waals surface area contributed by atoms with E-state index in [0.717, 1.165) is 11.3 Å². The predicted molar refractivity (Wildman–Crippen MR) is 65.0 cm³/mol. The van der Waals surface area contributed by atoms with Crippen LogP contribution in [0.4, 0.5) is 11.4 Å². The SMILES string of the molecule is COc1ccccc1-c1ncc(N)cc1N. The summed E-state index contributed by atoms with van der Waals surface area (Å²) in [6.07, 6.45) is 1.58. The standard InChI is InChI=1S/C12H13N3O/c1-16-11-5-3-2-4-9(11)12-10(14)6-8(13)7-15-12/h2-7H,13-14H2,1H3. The van der Waals surface area contributed by atoms with E-state index in [0.29, 0.717) is 17.1 Å². The third-order valence-corrected chi connectivity index (χ3v) is 2.30. The van der Waals surface area contributed by atoms with E-state index in [1.54, 1.807) is 19.4 Å². The number of benzene rings is 1. The molecule has 0 spiro atoms. The fourth-order valence-electron chi connectivity index (χ4n) is 1.56. The van der Waals surface area contributed by atoms with Crippen LogP contribution in [0, 0.1) is 0 Å². The molecule has 16 heavy (non-hydrogen) atoms. The maximum absolute atomic E-state index is 5.88. The van der Waals surface area contributed by atoms with Crippen LogP contribution in [-0.4, -0.2) is 12.1 Å². The quantitative estimate of drug-likeness (QED) is 0.802. The number of nitrogens with two attached hydrogens (primary N) is 2. The highest BCUT2D eigenvalue weighted by atomic mass is 16.5. The molecule has 2 rings (SSSR count). The number of nitrogens with zero attached hydrogens (tertiary/aromatic N) is 1. The summed E-state index contributed by atoms with van der Waals surface area (Å²) < 4.78 is 5.26. The van der Waals surface area contributed by atoms with Crippen LogP contribution >= 0.6 is 0 Å². The molecule has 4 nitrogen and oxygen atoms in total. The van der Waals surface area contributed by atoms with Gasteiger partial charge in [0.15, 0.2) is 0 Å². The van der Waals surface area contributed by atoms with E-state index >= 15 is 0 Å². The molecule has 0 fully saturated rings. The molecular weight excluding hydrogens is 202 g/mol. The van der Waals surface area contributed by atoms with E-state index < -0.39 is 0 Å². The lowest BCUT2D eigenvalue weighted by Gasteiger charge is -2.09. The van der Waals surface area contributed by atoms with Crippen LogP contribution in [0.15, 0.2) is 36.5 Å². The Kier molecular flexibility index (Phi) is 2.64. The maximum Gasteiger partial charge on any atom is 0.128 e. The first-order valence-electron chi connectivity index (χ1n) is 4.86. The van der Waals surface area contributed by atoms with Crippen molar-refractivity contribution in [2.45, 2.75) is 0 Å². The Balaban J connectivity index is 2.58. The normalized spacial score (nSPS) is 10.1. The van der Waals surface area contributed by atoms with E-state index in [2.05, 4.69) is 4.98 Å². The highest BCUT2D eigenvalue weighted by Gasteiger charge is 2.09. The van der Waals surface area contributed by atoms with Crippen LogP contribution in [0.25, 0.3) is 11.3 Å². The molecule has 1 heterocycles. The number of pyridine rings is 1. The molecule has 2 aromatic rings. The lowest BCUT2D eigenvalue weighted by Crippen LogP contribution is -1.97. The first kappa shape index (κ1) is 10.3. The Hall–Kier alpha value is -2.23. The molecule has 0 bridgehead atoms. The monoisotopic (exact) mass is 215 g/mol. The maximum atomic E-state index is 5.88. The smallest absolute Gasteiger partial charge is 0.128 e. The number of aromatic nitrogens is 1. The van der Waals surface area contributed by atoms with E-state index in [9.17, 15) is 0 Å². The second-order valence-electron chi connectivity index (χ2n) is 3.41. The van der Waals surface area contributed by atoms with Gasteiger partial charge in [-0.25, -0.2) is 0 Å². The van der Waals surface area contributed by atoms with E-state index in [-0.39, 0.29) is 0 Å². The van der Waals surface area contributed by atoms with Gasteiger partial charge in [-0.2, -0.15) is 0 Å². The van der Waals surface area contributed by atoms with Gasteiger partial charge in [0.05, 0.1) is 30.4 Å². The number of nitrogen functional groups attached to an aromatic ring is 2. The van der Waals surface area contributed by atoms with Crippen molar-refractivity contribution in [1.29, 1.82) is 0 Å². The molecule has 4 N–H and O–H groups in total. The topological polar surface area (TPSA) is 74.2 Å². The average Bonchev–Trinajstić information content (AvgIpc) is 2.29. The highest BCUT2D eigenvalue weighted by molar-refractivity contribution is 5.78. The zero-order valence-corrected chi connectivity index (χ0v) is 8.97. The van der Waals surface area contributed by atoms with Crippen LogP contribution < -0.4 is 16.2 Å². The van der Waals surface area contributed by atoms with Gasteiger partial charge in [0.1, 0.15) is 5.75 Å². The summed E-state index contributed by atoms with van der Waals surface area (Å²) in [6.45, 7) is 0. The molecule has 0 aliphatic carbocycles. The molecule has 0 aliphatic heterocycles. The lowest BCUT2D eigenvalue weighted by atomic mass is 10.1. The van der Waals surface area contributed by atoms with Gasteiger partial charge in [0.25, 0.3) is 0 Å². The molecule has 1 aromatic heterocycles. The average molecular weight is 215 g/mol. The molecule has 0 atom stereocenters. The highest BCUT2D eigenvalue weighted by Crippen LogP contribution is 2.32. The van der Waals surface area contributed by atoms with E-state index in [4.69, 9.17) is 16.2 Å². The minimum absolute atomic E-state index is 0.546. The summed E-state index contributed by atoms with van der Waals surface area (Å²) in [4.78, 5) is 4.23. The van der Waals surface area contributed by atoms with Gasteiger partial charge in [0, 0.05) is 5.56 Å². The molecule has 4 heteroatoms. The lowest BCUT2D eigenvalue weighted by molar-refractivity contribution is 0.416. The fourth-order valence-corrected chi connectivity index (χ4v) is 1.56. The molecule has 0 amide bonds. The van der Waals surface area contributed by atoms with E-state index in [1.807, 2.05) is 24.3 Å². The summed E-state index contributed by atoms with van der Waals surface area (Å²) in [5.74, 6) is 0.742. The van der Waals surface area contributed by atoms with Gasteiger partial charge >= 0.3 is 0 Å². The minimum atomic E-state index is 0.546. The largest absolute Gasteiger partial charge is 0.496 e. The van der Waals surface area contributed by atoms with Gasteiger partial charge in [-0.1, -0.05) is 12.1 Å². The third-order valence-electron chi connectivity index (χ3n) is 2.30. The third kappa shape index (κ3) is 1.77. The molecule has 0 saturated carbocycles. The van der Waals surface area contributed by atoms with Crippen LogP contribution in [0.1, 0.15) is 0 Å². The second-order valence-corrected chi connectivity index (χ2v) is 3.41. The minimum Gasteiger partial charge on any atom is -0.496 e. The van der Waals surface area contributed by atoms with Crippen molar-refractivity contribution in [2.75, 3.05) is 18.6 Å². The number of hydrogen-bond acceptors (Lipinski definition) is 4. The van der Waals surface area contributed by atoms with E-state index in [1.165, 1.54) is 0 Å². The molecular formula is C12H13N3O. The summed E-state index contributed by atoms with van der Waals surface area (Å²) in [5, 5.41) is 0. The second kappa shape index (κ2) is 4.10.